The van der Waals surface area contributed by atoms with Crippen molar-refractivity contribution in [2.45, 2.75) is 37.1 Å². The first-order valence-electron chi connectivity index (χ1n) is 7.30. The summed E-state index contributed by atoms with van der Waals surface area (Å²) in [6.45, 7) is 2.61. The standard InChI is InChI=1S/C16H25NOS/c1-18-11-10-17-12-14-6-8-16(9-7-14)19-13-15-4-2-3-5-15/h6-9,15,17H,2-5,10-13H2,1H3. The molecule has 0 atom stereocenters. The highest BCUT2D eigenvalue weighted by atomic mass is 32.2. The summed E-state index contributed by atoms with van der Waals surface area (Å²) < 4.78 is 5.01. The van der Waals surface area contributed by atoms with Crippen molar-refractivity contribution < 1.29 is 4.74 Å². The van der Waals surface area contributed by atoms with E-state index in [-0.39, 0.29) is 0 Å². The molecule has 0 amide bonds. The molecule has 1 saturated carbocycles. The summed E-state index contributed by atoms with van der Waals surface area (Å²) in [4.78, 5) is 1.41. The van der Waals surface area contributed by atoms with Crippen molar-refractivity contribution in [2.75, 3.05) is 26.0 Å². The summed E-state index contributed by atoms with van der Waals surface area (Å²) >= 11 is 2.02. The van der Waals surface area contributed by atoms with Crippen LogP contribution in [0, 0.1) is 5.92 Å². The maximum atomic E-state index is 5.01. The molecule has 1 aromatic carbocycles. The van der Waals surface area contributed by atoms with Crippen molar-refractivity contribution in [1.82, 2.24) is 5.32 Å². The van der Waals surface area contributed by atoms with E-state index in [1.165, 1.54) is 41.9 Å². The van der Waals surface area contributed by atoms with Gasteiger partial charge in [0.1, 0.15) is 0 Å². The average molecular weight is 279 g/mol. The summed E-state index contributed by atoms with van der Waals surface area (Å²) in [5.74, 6) is 2.26. The maximum Gasteiger partial charge on any atom is 0.0587 e. The van der Waals surface area contributed by atoms with Crippen LogP contribution in [0.15, 0.2) is 29.2 Å². The van der Waals surface area contributed by atoms with Crippen molar-refractivity contribution in [2.24, 2.45) is 5.92 Å². The van der Waals surface area contributed by atoms with Gasteiger partial charge in [-0.15, -0.1) is 11.8 Å². The van der Waals surface area contributed by atoms with Crippen LogP contribution in [0.25, 0.3) is 0 Å². The SMILES string of the molecule is COCCNCc1ccc(SCC2CCCC2)cc1. The molecule has 106 valence electrons. The van der Waals surface area contributed by atoms with Gasteiger partial charge in [-0.1, -0.05) is 25.0 Å². The van der Waals surface area contributed by atoms with E-state index >= 15 is 0 Å². The number of hydrogen-bond acceptors (Lipinski definition) is 3. The van der Waals surface area contributed by atoms with Gasteiger partial charge in [-0.25, -0.2) is 0 Å². The van der Waals surface area contributed by atoms with Gasteiger partial charge in [-0.3, -0.25) is 0 Å². The molecule has 2 rings (SSSR count). The van der Waals surface area contributed by atoms with Gasteiger partial charge in [-0.05, 0) is 36.5 Å². The molecule has 0 bridgehead atoms. The van der Waals surface area contributed by atoms with E-state index in [2.05, 4.69) is 29.6 Å². The van der Waals surface area contributed by atoms with E-state index in [9.17, 15) is 0 Å². The largest absolute Gasteiger partial charge is 0.383 e. The highest BCUT2D eigenvalue weighted by Gasteiger charge is 2.14. The molecule has 1 aliphatic rings. The zero-order chi connectivity index (χ0) is 13.3. The number of hydrogen-bond donors (Lipinski definition) is 1. The molecule has 3 heteroatoms. The number of benzene rings is 1. The monoisotopic (exact) mass is 279 g/mol. The van der Waals surface area contributed by atoms with Crippen molar-refractivity contribution in [3.8, 4) is 0 Å². The van der Waals surface area contributed by atoms with E-state index in [1.807, 2.05) is 11.8 Å². The predicted octanol–water partition coefficient (Wildman–Crippen LogP) is 3.70. The number of methoxy groups -OCH3 is 1. The van der Waals surface area contributed by atoms with Crippen LogP contribution in [0.2, 0.25) is 0 Å². The van der Waals surface area contributed by atoms with Gasteiger partial charge in [0, 0.05) is 30.8 Å². The third kappa shape index (κ3) is 5.55. The number of ether oxygens (including phenoxy) is 1. The molecule has 1 aromatic rings. The Morgan fingerprint density at radius 2 is 1.95 bits per heavy atom. The molecular formula is C16H25NOS. The van der Waals surface area contributed by atoms with Crippen LogP contribution < -0.4 is 5.32 Å². The zero-order valence-electron chi connectivity index (χ0n) is 11.9. The molecule has 1 fully saturated rings. The molecule has 0 radical (unpaired) electrons. The van der Waals surface area contributed by atoms with Gasteiger partial charge < -0.3 is 10.1 Å². The summed E-state index contributed by atoms with van der Waals surface area (Å²) in [7, 11) is 1.73. The quantitative estimate of drug-likeness (QED) is 0.579. The second-order valence-corrected chi connectivity index (χ2v) is 6.37. The number of thioether (sulfide) groups is 1. The van der Waals surface area contributed by atoms with Gasteiger partial charge in [0.2, 0.25) is 0 Å². The van der Waals surface area contributed by atoms with Crippen LogP contribution in [-0.4, -0.2) is 26.0 Å². The van der Waals surface area contributed by atoms with E-state index in [4.69, 9.17) is 4.74 Å². The fourth-order valence-electron chi connectivity index (χ4n) is 2.50. The lowest BCUT2D eigenvalue weighted by Crippen LogP contribution is -2.18. The van der Waals surface area contributed by atoms with Crippen molar-refractivity contribution in [3.05, 3.63) is 29.8 Å². The first-order chi connectivity index (χ1) is 9.38. The molecule has 0 saturated heterocycles. The molecule has 0 heterocycles. The Bertz CT molecular complexity index is 346. The van der Waals surface area contributed by atoms with Crippen LogP contribution in [0.3, 0.4) is 0 Å². The molecule has 1 aliphatic carbocycles. The van der Waals surface area contributed by atoms with Crippen molar-refractivity contribution in [3.63, 3.8) is 0 Å². The fraction of sp³-hybridized carbons (Fsp3) is 0.625. The molecule has 0 spiro atoms. The molecule has 2 nitrogen and oxygen atoms in total. The summed E-state index contributed by atoms with van der Waals surface area (Å²) in [6, 6.07) is 8.98. The van der Waals surface area contributed by atoms with Crippen molar-refractivity contribution in [1.29, 1.82) is 0 Å². The minimum atomic E-state index is 0.773. The molecule has 0 aromatic heterocycles. The molecular weight excluding hydrogens is 254 g/mol. The van der Waals surface area contributed by atoms with Crippen LogP contribution in [0.4, 0.5) is 0 Å². The maximum absolute atomic E-state index is 5.01. The van der Waals surface area contributed by atoms with Gasteiger partial charge in [0.25, 0.3) is 0 Å². The minimum Gasteiger partial charge on any atom is -0.383 e. The predicted molar refractivity (Wildman–Crippen MR) is 82.7 cm³/mol. The Kier molecular flexibility index (Phi) is 6.75. The van der Waals surface area contributed by atoms with Crippen LogP contribution >= 0.6 is 11.8 Å². The van der Waals surface area contributed by atoms with Crippen molar-refractivity contribution >= 4 is 11.8 Å². The Balaban J connectivity index is 1.68. The first-order valence-corrected chi connectivity index (χ1v) is 8.28. The van der Waals surface area contributed by atoms with E-state index < -0.39 is 0 Å². The lowest BCUT2D eigenvalue weighted by molar-refractivity contribution is 0.199. The van der Waals surface area contributed by atoms with E-state index in [0.717, 1.165) is 25.6 Å². The average Bonchev–Trinajstić information content (AvgIpc) is 2.96. The Hall–Kier alpha value is -0.510. The summed E-state index contributed by atoms with van der Waals surface area (Å²) in [5.41, 5.74) is 1.35. The van der Waals surface area contributed by atoms with Crippen LogP contribution in [0.1, 0.15) is 31.2 Å². The zero-order valence-corrected chi connectivity index (χ0v) is 12.7. The van der Waals surface area contributed by atoms with Gasteiger partial charge in [-0.2, -0.15) is 0 Å². The van der Waals surface area contributed by atoms with Crippen LogP contribution in [-0.2, 0) is 11.3 Å². The number of nitrogens with one attached hydrogen (secondary N) is 1. The molecule has 0 unspecified atom stereocenters. The smallest absolute Gasteiger partial charge is 0.0587 e. The lowest BCUT2D eigenvalue weighted by Gasteiger charge is -2.09. The highest BCUT2D eigenvalue weighted by Crippen LogP contribution is 2.30. The molecule has 1 N–H and O–H groups in total. The summed E-state index contributed by atoms with van der Waals surface area (Å²) in [5, 5.41) is 3.37. The van der Waals surface area contributed by atoms with E-state index in [1.54, 1.807) is 7.11 Å². The van der Waals surface area contributed by atoms with Gasteiger partial charge in [0.05, 0.1) is 6.61 Å². The Morgan fingerprint density at radius 1 is 1.21 bits per heavy atom. The first kappa shape index (κ1) is 14.9. The fourth-order valence-corrected chi connectivity index (χ4v) is 3.59. The lowest BCUT2D eigenvalue weighted by atomic mass is 10.1. The van der Waals surface area contributed by atoms with Gasteiger partial charge >= 0.3 is 0 Å². The van der Waals surface area contributed by atoms with E-state index in [0.29, 0.717) is 0 Å². The second kappa shape index (κ2) is 8.62. The Labute approximate surface area is 121 Å². The number of rotatable bonds is 8. The molecule has 19 heavy (non-hydrogen) atoms. The highest BCUT2D eigenvalue weighted by molar-refractivity contribution is 7.99. The van der Waals surface area contributed by atoms with Gasteiger partial charge in [0.15, 0.2) is 0 Å². The molecule has 0 aliphatic heterocycles. The van der Waals surface area contributed by atoms with Crippen LogP contribution in [0.5, 0.6) is 0 Å². The third-order valence-corrected chi connectivity index (χ3v) is 4.94. The second-order valence-electron chi connectivity index (χ2n) is 5.28. The third-order valence-electron chi connectivity index (χ3n) is 3.70. The summed E-state index contributed by atoms with van der Waals surface area (Å²) in [6.07, 6.45) is 5.76. The normalized spacial score (nSPS) is 16.1. The Morgan fingerprint density at radius 3 is 2.63 bits per heavy atom. The topological polar surface area (TPSA) is 21.3 Å². The minimum absolute atomic E-state index is 0.773.